The average molecular weight is 119 g/mol. The smallest absolute Gasteiger partial charge is 0.0839 e. The van der Waals surface area contributed by atoms with Crippen molar-refractivity contribution in [2.45, 2.75) is 0 Å². The topological polar surface area (TPSA) is 12.4 Å². The number of rotatable bonds is 0. The number of hydrogen-bond donors (Lipinski definition) is 0. The van der Waals surface area contributed by atoms with Gasteiger partial charge in [-0.1, -0.05) is 9.24 Å². The lowest BCUT2D eigenvalue weighted by atomic mass is 10.8. The summed E-state index contributed by atoms with van der Waals surface area (Å²) in [5.41, 5.74) is 0. The lowest BCUT2D eigenvalue weighted by Crippen LogP contribution is -1.69. The van der Waals surface area contributed by atoms with Crippen LogP contribution in [0.1, 0.15) is 0 Å². The molecule has 1 aliphatic rings. The highest BCUT2D eigenvalue weighted by molar-refractivity contribution is 8.21. The first kappa shape index (κ1) is 4.61. The first-order valence-electron chi connectivity index (χ1n) is 1.82. The molecule has 1 unspecified atom stereocenters. The first-order chi connectivity index (χ1) is 2.89. The van der Waals surface area contributed by atoms with Gasteiger partial charge in [0, 0.05) is 12.3 Å². The van der Waals surface area contributed by atoms with E-state index < -0.39 is 0 Å². The van der Waals surface area contributed by atoms with Crippen molar-refractivity contribution in [3.8, 4) is 0 Å². The monoisotopic (exact) mass is 119 g/mol. The third-order valence-electron chi connectivity index (χ3n) is 0.609. The Hall–Kier alpha value is 0.450. The van der Waals surface area contributed by atoms with Crippen molar-refractivity contribution >= 4 is 25.8 Å². The normalized spacial score (nSPS) is 21.2. The van der Waals surface area contributed by atoms with Crippen LogP contribution in [0.5, 0.6) is 0 Å². The molecule has 0 amide bonds. The molecule has 0 saturated carbocycles. The van der Waals surface area contributed by atoms with Crippen molar-refractivity contribution in [2.24, 2.45) is 4.99 Å². The minimum Gasteiger partial charge on any atom is -0.278 e. The molecule has 0 aromatic heterocycles. The van der Waals surface area contributed by atoms with Gasteiger partial charge in [0.05, 0.1) is 4.78 Å². The van der Waals surface area contributed by atoms with E-state index in [4.69, 9.17) is 0 Å². The first-order valence-corrected chi connectivity index (χ1v) is 3.38. The van der Waals surface area contributed by atoms with Crippen LogP contribution in [0.3, 0.4) is 0 Å². The van der Waals surface area contributed by atoms with Gasteiger partial charge >= 0.3 is 0 Å². The van der Waals surface area contributed by atoms with Gasteiger partial charge in [-0.15, -0.1) is 11.8 Å². The molecule has 34 valence electrons. The molecule has 1 atom stereocenters. The fraction of sp³-hybridized carbons (Fsp3) is 0.667. The van der Waals surface area contributed by atoms with Gasteiger partial charge in [0.2, 0.25) is 0 Å². The number of hydrogen-bond acceptors (Lipinski definition) is 2. The van der Waals surface area contributed by atoms with E-state index in [0.717, 1.165) is 11.3 Å². The third kappa shape index (κ3) is 0.954. The molecule has 3 heteroatoms. The second-order valence-electron chi connectivity index (χ2n) is 1.07. The van der Waals surface area contributed by atoms with E-state index in [-0.39, 0.29) is 0 Å². The zero-order valence-electron chi connectivity index (χ0n) is 3.35. The van der Waals surface area contributed by atoms with E-state index in [0.29, 0.717) is 0 Å². The second-order valence-corrected chi connectivity index (χ2v) is 3.15. The maximum atomic E-state index is 4.08. The maximum absolute atomic E-state index is 4.08. The zero-order valence-corrected chi connectivity index (χ0v) is 5.32. The summed E-state index contributed by atoms with van der Waals surface area (Å²) in [6, 6.07) is 0. The summed E-state index contributed by atoms with van der Waals surface area (Å²) in [6.07, 6.45) is 0. The van der Waals surface area contributed by atoms with Crippen LogP contribution in [0.4, 0.5) is 0 Å². The Kier molecular flexibility index (Phi) is 1.49. The summed E-state index contributed by atoms with van der Waals surface area (Å²) in [7, 11) is 2.59. The lowest BCUT2D eigenvalue weighted by Gasteiger charge is -1.76. The van der Waals surface area contributed by atoms with Crippen LogP contribution in [0.2, 0.25) is 0 Å². The van der Waals surface area contributed by atoms with Gasteiger partial charge < -0.3 is 0 Å². The number of thioether (sulfide) groups is 1. The summed E-state index contributed by atoms with van der Waals surface area (Å²) in [5.74, 6) is 1.18. The molecule has 0 aromatic carbocycles. The molecule has 0 radical (unpaired) electrons. The predicted octanol–water partition coefficient (Wildman–Crippen LogP) is 0.964. The van der Waals surface area contributed by atoms with Crippen molar-refractivity contribution in [1.82, 2.24) is 0 Å². The molecule has 1 heterocycles. The highest BCUT2D eigenvalue weighted by Crippen LogP contribution is 2.15. The molecule has 0 saturated heterocycles. The van der Waals surface area contributed by atoms with Crippen LogP contribution < -0.4 is 0 Å². The molecule has 0 aromatic rings. The van der Waals surface area contributed by atoms with Crippen LogP contribution in [0.15, 0.2) is 4.99 Å². The molecule has 0 bridgehead atoms. The SMILES string of the molecule is PC1=NCCS1. The molecule has 0 fully saturated rings. The summed E-state index contributed by atoms with van der Waals surface area (Å²) in [5, 5.41) is 0. The van der Waals surface area contributed by atoms with E-state index >= 15 is 0 Å². The Balaban J connectivity index is 2.45. The molecule has 0 aliphatic carbocycles. The predicted molar refractivity (Wildman–Crippen MR) is 34.5 cm³/mol. The van der Waals surface area contributed by atoms with Crippen LogP contribution in [0, 0.1) is 0 Å². The van der Waals surface area contributed by atoms with Crippen molar-refractivity contribution in [2.75, 3.05) is 12.3 Å². The standard InChI is InChI=1S/C3H6NPS/c5-3-4-1-2-6-3/h1-2,5H2. The van der Waals surface area contributed by atoms with Gasteiger partial charge in [-0.3, -0.25) is 4.99 Å². The summed E-state index contributed by atoms with van der Waals surface area (Å²) >= 11 is 1.81. The molecule has 1 rings (SSSR count). The van der Waals surface area contributed by atoms with Gasteiger partial charge in [-0.25, -0.2) is 0 Å². The fourth-order valence-corrected chi connectivity index (χ4v) is 1.41. The van der Waals surface area contributed by atoms with Crippen LogP contribution in [-0.2, 0) is 0 Å². The Labute approximate surface area is 43.8 Å². The summed E-state index contributed by atoms with van der Waals surface area (Å²) < 4.78 is 0. The van der Waals surface area contributed by atoms with E-state index in [1.54, 1.807) is 0 Å². The van der Waals surface area contributed by atoms with Crippen molar-refractivity contribution < 1.29 is 0 Å². The highest BCUT2D eigenvalue weighted by atomic mass is 32.2. The Morgan fingerprint density at radius 1 is 1.83 bits per heavy atom. The Morgan fingerprint density at radius 3 is 2.83 bits per heavy atom. The minimum absolute atomic E-state index is 1.02. The molecule has 0 spiro atoms. The third-order valence-corrected chi connectivity index (χ3v) is 2.10. The summed E-state index contributed by atoms with van der Waals surface area (Å²) in [4.78, 5) is 5.24. The van der Waals surface area contributed by atoms with Crippen molar-refractivity contribution in [3.05, 3.63) is 0 Å². The lowest BCUT2D eigenvalue weighted by molar-refractivity contribution is 1.18. The van der Waals surface area contributed by atoms with Crippen molar-refractivity contribution in [1.29, 1.82) is 0 Å². The maximum Gasteiger partial charge on any atom is 0.0839 e. The average Bonchev–Trinajstić information content (AvgIpc) is 1.86. The number of nitrogens with zero attached hydrogens (tertiary/aromatic N) is 1. The van der Waals surface area contributed by atoms with Gasteiger partial charge in [0.25, 0.3) is 0 Å². The van der Waals surface area contributed by atoms with E-state index in [1.807, 2.05) is 11.8 Å². The molecular formula is C3H6NPS. The molecular weight excluding hydrogens is 113 g/mol. The highest BCUT2D eigenvalue weighted by Gasteiger charge is 1.97. The number of aliphatic imine (C=N–C) groups is 1. The Morgan fingerprint density at radius 2 is 2.67 bits per heavy atom. The molecule has 1 nitrogen and oxygen atoms in total. The Bertz CT molecular complexity index is 80.9. The van der Waals surface area contributed by atoms with E-state index in [2.05, 4.69) is 14.2 Å². The van der Waals surface area contributed by atoms with Crippen molar-refractivity contribution in [3.63, 3.8) is 0 Å². The molecule has 6 heavy (non-hydrogen) atoms. The fourth-order valence-electron chi connectivity index (χ4n) is 0.352. The van der Waals surface area contributed by atoms with Gasteiger partial charge in [0.15, 0.2) is 0 Å². The van der Waals surface area contributed by atoms with Gasteiger partial charge in [-0.2, -0.15) is 0 Å². The van der Waals surface area contributed by atoms with Crippen LogP contribution in [-0.4, -0.2) is 17.1 Å². The van der Waals surface area contributed by atoms with E-state index in [1.165, 1.54) is 5.75 Å². The minimum atomic E-state index is 1.02. The quantitative estimate of drug-likeness (QED) is 0.433. The van der Waals surface area contributed by atoms with Crippen LogP contribution >= 0.6 is 21.0 Å². The van der Waals surface area contributed by atoms with Gasteiger partial charge in [0.1, 0.15) is 0 Å². The largest absolute Gasteiger partial charge is 0.278 e. The summed E-state index contributed by atoms with van der Waals surface area (Å²) in [6.45, 7) is 1.02. The second kappa shape index (κ2) is 1.94. The molecule has 0 N–H and O–H groups in total. The van der Waals surface area contributed by atoms with E-state index in [9.17, 15) is 0 Å². The molecule has 1 aliphatic heterocycles. The zero-order chi connectivity index (χ0) is 4.41. The van der Waals surface area contributed by atoms with Gasteiger partial charge in [-0.05, 0) is 0 Å². The van der Waals surface area contributed by atoms with Crippen LogP contribution in [0.25, 0.3) is 0 Å².